The Hall–Kier alpha value is -3.46. The molecule has 164 valence electrons. The Balaban J connectivity index is 1.57. The second-order valence-corrected chi connectivity index (χ2v) is 8.18. The van der Waals surface area contributed by atoms with E-state index in [-0.39, 0.29) is 24.7 Å². The Bertz CT molecular complexity index is 1070. The first kappa shape index (κ1) is 22.2. The SMILES string of the molecule is CC(C)(C)OC(=O)NC[C@H](N)CNC(=O)c1nc2cc(-c3ccc(F)cc3)ccc2[nH]1. The lowest BCUT2D eigenvalue weighted by atomic mass is 10.1. The Morgan fingerprint density at radius 2 is 1.74 bits per heavy atom. The van der Waals surface area contributed by atoms with Gasteiger partial charge in [-0.1, -0.05) is 18.2 Å². The van der Waals surface area contributed by atoms with Crippen molar-refractivity contribution in [2.24, 2.45) is 5.73 Å². The highest BCUT2D eigenvalue weighted by Crippen LogP contribution is 2.23. The Morgan fingerprint density at radius 1 is 1.10 bits per heavy atom. The minimum absolute atomic E-state index is 0.145. The molecule has 1 aromatic heterocycles. The van der Waals surface area contributed by atoms with Gasteiger partial charge in [0.15, 0.2) is 5.82 Å². The van der Waals surface area contributed by atoms with Gasteiger partial charge < -0.3 is 26.1 Å². The van der Waals surface area contributed by atoms with Crippen LogP contribution >= 0.6 is 0 Å². The molecule has 0 fully saturated rings. The molecular formula is C22H26FN5O3. The number of amides is 2. The Labute approximate surface area is 179 Å². The average molecular weight is 427 g/mol. The molecule has 2 amide bonds. The molecule has 3 aromatic rings. The van der Waals surface area contributed by atoms with Crippen molar-refractivity contribution in [1.29, 1.82) is 0 Å². The van der Waals surface area contributed by atoms with E-state index in [0.717, 1.165) is 11.1 Å². The molecule has 3 rings (SSSR count). The fraction of sp³-hybridized carbons (Fsp3) is 0.318. The number of alkyl carbamates (subject to hydrolysis) is 1. The van der Waals surface area contributed by atoms with Crippen LogP contribution in [0.1, 0.15) is 31.4 Å². The van der Waals surface area contributed by atoms with Crippen LogP contribution in [0.15, 0.2) is 42.5 Å². The topological polar surface area (TPSA) is 122 Å². The zero-order valence-electron chi connectivity index (χ0n) is 17.7. The number of hydrogen-bond donors (Lipinski definition) is 4. The molecule has 1 atom stereocenters. The number of aromatic nitrogens is 2. The maximum absolute atomic E-state index is 13.1. The van der Waals surface area contributed by atoms with Crippen LogP contribution in [0.25, 0.3) is 22.2 Å². The maximum atomic E-state index is 13.1. The van der Waals surface area contributed by atoms with Gasteiger partial charge in [-0.15, -0.1) is 0 Å². The predicted octanol–water partition coefficient (Wildman–Crippen LogP) is 2.95. The van der Waals surface area contributed by atoms with E-state index in [1.165, 1.54) is 12.1 Å². The van der Waals surface area contributed by atoms with Crippen LogP contribution in [0.2, 0.25) is 0 Å². The second kappa shape index (κ2) is 9.13. The number of hydrogen-bond acceptors (Lipinski definition) is 5. The molecule has 5 N–H and O–H groups in total. The Morgan fingerprint density at radius 3 is 2.42 bits per heavy atom. The zero-order valence-corrected chi connectivity index (χ0v) is 17.7. The van der Waals surface area contributed by atoms with Gasteiger partial charge in [-0.25, -0.2) is 14.2 Å². The average Bonchev–Trinajstić information content (AvgIpc) is 3.13. The number of halogens is 1. The van der Waals surface area contributed by atoms with E-state index in [0.29, 0.717) is 11.0 Å². The Kier molecular flexibility index (Phi) is 6.55. The van der Waals surface area contributed by atoms with Crippen molar-refractivity contribution < 1.29 is 18.7 Å². The number of ether oxygens (including phenoxy) is 1. The highest BCUT2D eigenvalue weighted by molar-refractivity contribution is 5.95. The summed E-state index contributed by atoms with van der Waals surface area (Å²) in [7, 11) is 0. The van der Waals surface area contributed by atoms with Gasteiger partial charge in [0.1, 0.15) is 11.4 Å². The third-order valence-corrected chi connectivity index (χ3v) is 4.31. The largest absolute Gasteiger partial charge is 0.444 e. The van der Waals surface area contributed by atoms with Crippen molar-refractivity contribution in [1.82, 2.24) is 20.6 Å². The summed E-state index contributed by atoms with van der Waals surface area (Å²) in [6, 6.07) is 11.2. The predicted molar refractivity (Wildman–Crippen MR) is 116 cm³/mol. The number of carbonyl (C=O) groups excluding carboxylic acids is 2. The number of fused-ring (bicyclic) bond motifs is 1. The number of carbonyl (C=O) groups is 2. The van der Waals surface area contributed by atoms with Crippen LogP contribution in [-0.2, 0) is 4.74 Å². The summed E-state index contributed by atoms with van der Waals surface area (Å²) in [6.45, 7) is 5.59. The van der Waals surface area contributed by atoms with Crippen LogP contribution < -0.4 is 16.4 Å². The van der Waals surface area contributed by atoms with Crippen molar-refractivity contribution in [3.63, 3.8) is 0 Å². The first-order valence-corrected chi connectivity index (χ1v) is 9.87. The molecule has 0 aliphatic heterocycles. The summed E-state index contributed by atoms with van der Waals surface area (Å²) < 4.78 is 18.3. The fourth-order valence-corrected chi connectivity index (χ4v) is 2.84. The number of benzene rings is 2. The van der Waals surface area contributed by atoms with Crippen molar-refractivity contribution in [3.8, 4) is 11.1 Å². The van der Waals surface area contributed by atoms with Gasteiger partial charge >= 0.3 is 6.09 Å². The van der Waals surface area contributed by atoms with E-state index in [4.69, 9.17) is 10.5 Å². The molecule has 9 heteroatoms. The molecule has 2 aromatic carbocycles. The lowest BCUT2D eigenvalue weighted by Crippen LogP contribution is -2.46. The summed E-state index contributed by atoms with van der Waals surface area (Å²) in [5, 5.41) is 5.26. The molecule has 1 heterocycles. The van der Waals surface area contributed by atoms with E-state index in [1.807, 2.05) is 18.2 Å². The van der Waals surface area contributed by atoms with E-state index in [9.17, 15) is 14.0 Å². The third kappa shape index (κ3) is 6.26. The molecule has 8 nitrogen and oxygen atoms in total. The van der Waals surface area contributed by atoms with Gasteiger partial charge in [-0.2, -0.15) is 0 Å². The van der Waals surface area contributed by atoms with Gasteiger partial charge in [-0.3, -0.25) is 4.79 Å². The lowest BCUT2D eigenvalue weighted by molar-refractivity contribution is 0.0524. The number of rotatable bonds is 6. The van der Waals surface area contributed by atoms with Crippen molar-refractivity contribution in [2.45, 2.75) is 32.4 Å². The number of nitrogens with zero attached hydrogens (tertiary/aromatic N) is 1. The second-order valence-electron chi connectivity index (χ2n) is 8.18. The molecule has 0 unspecified atom stereocenters. The summed E-state index contributed by atoms with van der Waals surface area (Å²) >= 11 is 0. The quantitative estimate of drug-likeness (QED) is 0.482. The monoisotopic (exact) mass is 427 g/mol. The van der Waals surface area contributed by atoms with Gasteiger partial charge in [0.25, 0.3) is 5.91 Å². The zero-order chi connectivity index (χ0) is 22.6. The van der Waals surface area contributed by atoms with E-state index in [1.54, 1.807) is 32.9 Å². The molecule has 0 saturated carbocycles. The smallest absolute Gasteiger partial charge is 0.407 e. The van der Waals surface area contributed by atoms with Crippen LogP contribution in [0.3, 0.4) is 0 Å². The van der Waals surface area contributed by atoms with E-state index in [2.05, 4.69) is 20.6 Å². The molecule has 0 saturated heterocycles. The molecule has 0 radical (unpaired) electrons. The molecule has 0 aliphatic rings. The molecule has 0 bridgehead atoms. The van der Waals surface area contributed by atoms with Gasteiger partial charge in [0, 0.05) is 19.1 Å². The minimum Gasteiger partial charge on any atom is -0.444 e. The fourth-order valence-electron chi connectivity index (χ4n) is 2.84. The number of nitrogens with one attached hydrogen (secondary N) is 3. The summed E-state index contributed by atoms with van der Waals surface area (Å²) in [5.41, 5.74) is 8.37. The molecule has 31 heavy (non-hydrogen) atoms. The highest BCUT2D eigenvalue weighted by Gasteiger charge is 2.17. The van der Waals surface area contributed by atoms with E-state index < -0.39 is 23.6 Å². The number of H-pyrrole nitrogens is 1. The highest BCUT2D eigenvalue weighted by atomic mass is 19.1. The number of nitrogens with two attached hydrogens (primary N) is 1. The number of imidazole rings is 1. The molecule has 0 spiro atoms. The first-order valence-electron chi connectivity index (χ1n) is 9.87. The van der Waals surface area contributed by atoms with Gasteiger partial charge in [0.2, 0.25) is 0 Å². The molecule has 0 aliphatic carbocycles. The maximum Gasteiger partial charge on any atom is 0.407 e. The van der Waals surface area contributed by atoms with Gasteiger partial charge in [-0.05, 0) is 56.2 Å². The lowest BCUT2D eigenvalue weighted by Gasteiger charge is -2.20. The van der Waals surface area contributed by atoms with Gasteiger partial charge in [0.05, 0.1) is 11.0 Å². The van der Waals surface area contributed by atoms with Crippen molar-refractivity contribution in [3.05, 3.63) is 54.1 Å². The van der Waals surface area contributed by atoms with E-state index >= 15 is 0 Å². The standard InChI is InChI=1S/C22H26FN5O3/c1-22(2,3)31-21(30)26-12-16(24)11-25-20(29)19-27-17-9-6-14(10-18(17)28-19)13-4-7-15(23)8-5-13/h4-10,16H,11-12,24H2,1-3H3,(H,25,29)(H,26,30)(H,27,28)/t16-/m1/s1. The van der Waals surface area contributed by atoms with Crippen LogP contribution in [0, 0.1) is 5.82 Å². The first-order chi connectivity index (χ1) is 14.6. The van der Waals surface area contributed by atoms with Crippen molar-refractivity contribution >= 4 is 23.0 Å². The van der Waals surface area contributed by atoms with Crippen LogP contribution in [-0.4, -0.2) is 46.7 Å². The van der Waals surface area contributed by atoms with Crippen LogP contribution in [0.4, 0.5) is 9.18 Å². The normalized spacial score (nSPS) is 12.4. The minimum atomic E-state index is -0.597. The summed E-state index contributed by atoms with van der Waals surface area (Å²) in [6.07, 6.45) is -0.566. The summed E-state index contributed by atoms with van der Waals surface area (Å²) in [4.78, 5) is 31.4. The number of aromatic amines is 1. The van der Waals surface area contributed by atoms with Crippen molar-refractivity contribution in [2.75, 3.05) is 13.1 Å². The third-order valence-electron chi connectivity index (χ3n) is 4.31. The van der Waals surface area contributed by atoms with Crippen LogP contribution in [0.5, 0.6) is 0 Å². The molecular weight excluding hydrogens is 401 g/mol. The summed E-state index contributed by atoms with van der Waals surface area (Å²) in [5.74, 6) is -0.561.